The van der Waals surface area contributed by atoms with E-state index < -0.39 is 38.7 Å². The maximum atomic E-state index is 12.2. The normalized spacial score (nSPS) is 12.2. The van der Waals surface area contributed by atoms with Crippen LogP contribution in [0.5, 0.6) is 0 Å². The van der Waals surface area contributed by atoms with Crippen LogP contribution in [0.2, 0.25) is 5.32 Å². The number of carbonyl (C=O) groups excluding carboxylic acids is 3. The number of nitrogens with one attached hydrogen (secondary N) is 1. The molecule has 0 bridgehead atoms. The van der Waals surface area contributed by atoms with Crippen molar-refractivity contribution in [2.75, 3.05) is 7.11 Å². The third kappa shape index (κ3) is 7.15. The Morgan fingerprint density at radius 2 is 1.75 bits per heavy atom. The molecule has 0 aliphatic carbocycles. The van der Waals surface area contributed by atoms with Crippen LogP contribution in [0.4, 0.5) is 4.79 Å². The van der Waals surface area contributed by atoms with Crippen molar-refractivity contribution in [3.63, 3.8) is 0 Å². The predicted molar refractivity (Wildman–Crippen MR) is 91.2 cm³/mol. The Hall–Kier alpha value is -1.85. The number of amides is 1. The average molecular weight is 400 g/mol. The van der Waals surface area contributed by atoms with Gasteiger partial charge in [-0.3, -0.25) is 0 Å². The zero-order valence-electron chi connectivity index (χ0n) is 14.5. The number of esters is 1. The molecule has 1 aromatic carbocycles. The van der Waals surface area contributed by atoms with Crippen molar-refractivity contribution >= 4 is 31.7 Å². The van der Waals surface area contributed by atoms with Gasteiger partial charge in [0.25, 0.3) is 0 Å². The molecule has 0 saturated carbocycles. The van der Waals surface area contributed by atoms with Gasteiger partial charge in [0, 0.05) is 0 Å². The molecule has 0 fully saturated rings. The van der Waals surface area contributed by atoms with Crippen molar-refractivity contribution in [2.24, 2.45) is 0 Å². The third-order valence-electron chi connectivity index (χ3n) is 2.85. The Labute approximate surface area is 148 Å². The molecule has 0 heterocycles. The topological polar surface area (TPSA) is 81.7 Å². The Morgan fingerprint density at radius 3 is 2.25 bits per heavy atom. The first-order chi connectivity index (χ1) is 11.1. The van der Waals surface area contributed by atoms with E-state index in [9.17, 15) is 14.4 Å². The number of benzene rings is 1. The summed E-state index contributed by atoms with van der Waals surface area (Å²) in [6.07, 6.45) is -0.712. The molecule has 0 aliphatic heterocycles. The molecule has 0 aromatic heterocycles. The van der Waals surface area contributed by atoms with E-state index in [2.05, 4.69) is 10.1 Å². The van der Waals surface area contributed by atoms with Gasteiger partial charge in [-0.15, -0.1) is 0 Å². The molecule has 1 atom stereocenters. The SMILES string of the molecule is COC(=O)[C@H](C[Se]C(=O)c1ccc(C)cc1)NC(=O)OC(C)(C)C. The molecule has 24 heavy (non-hydrogen) atoms. The number of rotatable bonds is 6. The summed E-state index contributed by atoms with van der Waals surface area (Å²) < 4.78 is 9.78. The minimum atomic E-state index is -0.903. The van der Waals surface area contributed by atoms with Crippen LogP contribution in [0, 0.1) is 6.92 Å². The molecule has 1 N–H and O–H groups in total. The molecular formula is C17H23NO5Se. The first-order valence-electron chi connectivity index (χ1n) is 7.43. The van der Waals surface area contributed by atoms with Crippen molar-refractivity contribution in [3.8, 4) is 0 Å². The Balaban J connectivity index is 2.66. The van der Waals surface area contributed by atoms with E-state index in [4.69, 9.17) is 4.74 Å². The summed E-state index contributed by atoms with van der Waals surface area (Å²) in [5.41, 5.74) is 0.993. The fraction of sp³-hybridized carbons (Fsp3) is 0.471. The maximum absolute atomic E-state index is 12.2. The molecule has 0 radical (unpaired) electrons. The zero-order valence-corrected chi connectivity index (χ0v) is 16.3. The van der Waals surface area contributed by atoms with Crippen molar-refractivity contribution < 1.29 is 23.9 Å². The number of hydrogen-bond acceptors (Lipinski definition) is 5. The number of methoxy groups -OCH3 is 1. The van der Waals surface area contributed by atoms with E-state index in [0.717, 1.165) is 5.56 Å². The summed E-state index contributed by atoms with van der Waals surface area (Å²) >= 11 is -0.511. The monoisotopic (exact) mass is 401 g/mol. The molecule has 6 nitrogen and oxygen atoms in total. The summed E-state index contributed by atoms with van der Waals surface area (Å²) in [5, 5.41) is 2.67. The fourth-order valence-electron chi connectivity index (χ4n) is 1.69. The van der Waals surface area contributed by atoms with E-state index in [1.54, 1.807) is 32.9 Å². The Bertz CT molecular complexity index is 592. The number of hydrogen-bond donors (Lipinski definition) is 1. The minimum absolute atomic E-state index is 0.0395. The summed E-state index contributed by atoms with van der Waals surface area (Å²) in [5.74, 6) is -0.598. The first kappa shape index (κ1) is 20.2. The summed E-state index contributed by atoms with van der Waals surface area (Å²) in [7, 11) is 1.24. The Kier molecular flexibility index (Phi) is 7.45. The van der Waals surface area contributed by atoms with Crippen LogP contribution in [-0.2, 0) is 14.3 Å². The van der Waals surface area contributed by atoms with Gasteiger partial charge in [0.2, 0.25) is 0 Å². The number of alkyl carbamates (subject to hydrolysis) is 1. The molecule has 0 aliphatic rings. The van der Waals surface area contributed by atoms with Gasteiger partial charge in [-0.2, -0.15) is 0 Å². The molecule has 1 amide bonds. The summed E-state index contributed by atoms with van der Waals surface area (Å²) in [6.45, 7) is 7.12. The molecule has 1 aromatic rings. The van der Waals surface area contributed by atoms with Crippen molar-refractivity contribution in [1.82, 2.24) is 5.32 Å². The number of ether oxygens (including phenoxy) is 2. The van der Waals surface area contributed by atoms with Crippen molar-refractivity contribution in [1.29, 1.82) is 0 Å². The van der Waals surface area contributed by atoms with Crippen LogP contribution in [-0.4, -0.2) is 50.5 Å². The zero-order chi connectivity index (χ0) is 18.3. The Morgan fingerprint density at radius 1 is 1.17 bits per heavy atom. The number of aryl methyl sites for hydroxylation is 1. The third-order valence-corrected chi connectivity index (χ3v) is 4.94. The van der Waals surface area contributed by atoms with Crippen LogP contribution in [0.1, 0.15) is 36.7 Å². The van der Waals surface area contributed by atoms with E-state index in [1.165, 1.54) is 7.11 Å². The molecule has 132 valence electrons. The second-order valence-corrected chi connectivity index (χ2v) is 8.27. The van der Waals surface area contributed by atoms with Crippen LogP contribution >= 0.6 is 0 Å². The molecule has 0 unspecified atom stereocenters. The van der Waals surface area contributed by atoms with Crippen molar-refractivity contribution in [2.45, 2.75) is 44.7 Å². The molecule has 1 rings (SSSR count). The van der Waals surface area contributed by atoms with Gasteiger partial charge in [-0.1, -0.05) is 0 Å². The second kappa shape index (κ2) is 8.85. The molecule has 7 heteroatoms. The average Bonchev–Trinajstić information content (AvgIpc) is 2.49. The molecule has 0 saturated heterocycles. The fourth-order valence-corrected chi connectivity index (χ4v) is 3.46. The van der Waals surface area contributed by atoms with E-state index in [0.29, 0.717) is 5.56 Å². The van der Waals surface area contributed by atoms with Crippen molar-refractivity contribution in [3.05, 3.63) is 35.4 Å². The molecule has 0 spiro atoms. The van der Waals surface area contributed by atoms with Gasteiger partial charge in [-0.05, 0) is 0 Å². The van der Waals surface area contributed by atoms with Crippen LogP contribution < -0.4 is 5.32 Å². The summed E-state index contributed by atoms with van der Waals surface area (Å²) in [6, 6.07) is 6.33. The van der Waals surface area contributed by atoms with Gasteiger partial charge in [-0.25, -0.2) is 0 Å². The van der Waals surface area contributed by atoms with Crippen LogP contribution in [0.3, 0.4) is 0 Å². The van der Waals surface area contributed by atoms with Crippen LogP contribution in [0.15, 0.2) is 24.3 Å². The predicted octanol–water partition coefficient (Wildman–Crippen LogP) is 2.32. The number of carbonyl (C=O) groups is 3. The first-order valence-corrected chi connectivity index (χ1v) is 9.50. The van der Waals surface area contributed by atoms with Gasteiger partial charge in [0.15, 0.2) is 0 Å². The van der Waals surface area contributed by atoms with Gasteiger partial charge < -0.3 is 0 Å². The molecular weight excluding hydrogens is 377 g/mol. The second-order valence-electron chi connectivity index (χ2n) is 6.19. The van der Waals surface area contributed by atoms with E-state index in [1.807, 2.05) is 19.1 Å². The van der Waals surface area contributed by atoms with E-state index >= 15 is 0 Å². The summed E-state index contributed by atoms with van der Waals surface area (Å²) in [4.78, 5) is 35.9. The van der Waals surface area contributed by atoms with Gasteiger partial charge in [0.05, 0.1) is 0 Å². The quantitative estimate of drug-likeness (QED) is 0.586. The van der Waals surface area contributed by atoms with E-state index in [-0.39, 0.29) is 10.0 Å². The van der Waals surface area contributed by atoms with Gasteiger partial charge >= 0.3 is 148 Å². The van der Waals surface area contributed by atoms with Gasteiger partial charge in [0.1, 0.15) is 0 Å². The van der Waals surface area contributed by atoms with Crippen LogP contribution in [0.25, 0.3) is 0 Å². The standard InChI is InChI=1S/C17H23NO5Se/c1-11-6-8-12(9-7-11)15(20)24-10-13(14(19)22-5)18-16(21)23-17(2,3)4/h6-9,13H,10H2,1-5H3,(H,18,21)/t13-/m0/s1.